The molecule has 140 valence electrons. The van der Waals surface area contributed by atoms with E-state index in [1.165, 1.54) is 18.2 Å². The van der Waals surface area contributed by atoms with E-state index in [0.717, 1.165) is 0 Å². The molecule has 0 bridgehead atoms. The van der Waals surface area contributed by atoms with E-state index in [-0.39, 0.29) is 46.5 Å². The van der Waals surface area contributed by atoms with Gasteiger partial charge in [0.1, 0.15) is 16.8 Å². The SMILES string of the molecule is O=C(NCCCOc1c(Cl)cc(OCC=C(Cl)Cl)cc1Cl)C(F)(F)F. The molecule has 1 rings (SSSR count). The highest BCUT2D eigenvalue weighted by Gasteiger charge is 2.38. The predicted octanol–water partition coefficient (Wildman–Crippen LogP) is 5.14. The Balaban J connectivity index is 2.49. The van der Waals surface area contributed by atoms with Crippen LogP contribution in [0.15, 0.2) is 22.7 Å². The Hall–Kier alpha value is -1.02. The molecule has 0 aliphatic carbocycles. The van der Waals surface area contributed by atoms with E-state index in [4.69, 9.17) is 55.9 Å². The minimum Gasteiger partial charge on any atom is -0.490 e. The largest absolute Gasteiger partial charge is 0.490 e. The fourth-order valence-corrected chi connectivity index (χ4v) is 2.21. The lowest BCUT2D eigenvalue weighted by Gasteiger charge is -2.12. The van der Waals surface area contributed by atoms with Crippen LogP contribution in [-0.2, 0) is 4.79 Å². The number of benzene rings is 1. The number of halogens is 7. The maximum atomic E-state index is 12.0. The molecule has 0 fully saturated rings. The molecule has 0 aliphatic rings. The van der Waals surface area contributed by atoms with E-state index in [1.54, 1.807) is 5.32 Å². The van der Waals surface area contributed by atoms with Crippen LogP contribution in [-0.4, -0.2) is 31.8 Å². The number of ether oxygens (including phenoxy) is 2. The maximum absolute atomic E-state index is 12.0. The number of amides is 1. The van der Waals surface area contributed by atoms with Gasteiger partial charge in [0, 0.05) is 18.7 Å². The van der Waals surface area contributed by atoms with Gasteiger partial charge in [-0.25, -0.2) is 0 Å². The minimum absolute atomic E-state index is 0.00236. The van der Waals surface area contributed by atoms with Crippen LogP contribution in [0, 0.1) is 0 Å². The molecule has 25 heavy (non-hydrogen) atoms. The number of rotatable bonds is 8. The number of alkyl halides is 3. The second-order valence-electron chi connectivity index (χ2n) is 4.48. The monoisotopic (exact) mass is 439 g/mol. The van der Waals surface area contributed by atoms with Gasteiger partial charge in [0.2, 0.25) is 0 Å². The molecule has 0 aliphatic heterocycles. The van der Waals surface area contributed by atoms with E-state index < -0.39 is 12.1 Å². The molecular weight excluding hydrogens is 429 g/mol. The second kappa shape index (κ2) is 10.2. The van der Waals surface area contributed by atoms with Gasteiger partial charge in [-0.05, 0) is 12.5 Å². The Bertz CT molecular complexity index is 611. The average molecular weight is 441 g/mol. The van der Waals surface area contributed by atoms with Gasteiger partial charge in [-0.2, -0.15) is 13.2 Å². The van der Waals surface area contributed by atoms with Crippen molar-refractivity contribution in [2.45, 2.75) is 12.6 Å². The van der Waals surface area contributed by atoms with E-state index in [9.17, 15) is 18.0 Å². The number of nitrogens with one attached hydrogen (secondary N) is 1. The summed E-state index contributed by atoms with van der Waals surface area (Å²) in [7, 11) is 0. The van der Waals surface area contributed by atoms with Crippen LogP contribution in [0.1, 0.15) is 6.42 Å². The molecule has 11 heteroatoms. The quantitative estimate of drug-likeness (QED) is 0.569. The summed E-state index contributed by atoms with van der Waals surface area (Å²) in [5.41, 5.74) is 0. The zero-order chi connectivity index (χ0) is 19.0. The maximum Gasteiger partial charge on any atom is 0.471 e. The van der Waals surface area contributed by atoms with Crippen LogP contribution < -0.4 is 14.8 Å². The fourth-order valence-electron chi connectivity index (χ4n) is 1.51. The van der Waals surface area contributed by atoms with Gasteiger partial charge >= 0.3 is 12.1 Å². The first-order chi connectivity index (χ1) is 11.6. The van der Waals surface area contributed by atoms with Gasteiger partial charge in [-0.3, -0.25) is 4.79 Å². The van der Waals surface area contributed by atoms with Crippen molar-refractivity contribution in [3.8, 4) is 11.5 Å². The highest BCUT2D eigenvalue weighted by Crippen LogP contribution is 2.37. The highest BCUT2D eigenvalue weighted by atomic mass is 35.5. The van der Waals surface area contributed by atoms with Crippen LogP contribution in [0.3, 0.4) is 0 Å². The standard InChI is InChI=1S/C14H12Cl4F3NO3/c15-9-6-8(24-5-2-11(17)18)7-10(16)12(9)25-4-1-3-22-13(23)14(19,20)21/h2,6-7H,1,3-5H2,(H,22,23). The van der Waals surface area contributed by atoms with Crippen molar-refractivity contribution in [1.29, 1.82) is 0 Å². The lowest BCUT2D eigenvalue weighted by molar-refractivity contribution is -0.173. The Labute approximate surface area is 161 Å². The highest BCUT2D eigenvalue weighted by molar-refractivity contribution is 6.55. The number of carbonyl (C=O) groups excluding carboxylic acids is 1. The van der Waals surface area contributed by atoms with Crippen LogP contribution >= 0.6 is 46.4 Å². The van der Waals surface area contributed by atoms with Gasteiger partial charge in [0.15, 0.2) is 5.75 Å². The van der Waals surface area contributed by atoms with E-state index >= 15 is 0 Å². The molecule has 1 N–H and O–H groups in total. The lowest BCUT2D eigenvalue weighted by atomic mass is 10.3. The van der Waals surface area contributed by atoms with Gasteiger partial charge in [0.25, 0.3) is 0 Å². The van der Waals surface area contributed by atoms with Crippen molar-refractivity contribution in [2.75, 3.05) is 19.8 Å². The molecule has 0 aromatic heterocycles. The Kier molecular flexibility index (Phi) is 8.99. The molecule has 1 aromatic rings. The fraction of sp³-hybridized carbons (Fsp3) is 0.357. The van der Waals surface area contributed by atoms with Crippen molar-refractivity contribution < 1.29 is 27.4 Å². The molecule has 0 unspecified atom stereocenters. The zero-order valence-electron chi connectivity index (χ0n) is 12.4. The predicted molar refractivity (Wildman–Crippen MR) is 90.9 cm³/mol. The van der Waals surface area contributed by atoms with E-state index in [0.29, 0.717) is 5.75 Å². The smallest absolute Gasteiger partial charge is 0.471 e. The number of hydrogen-bond acceptors (Lipinski definition) is 3. The summed E-state index contributed by atoms with van der Waals surface area (Å²) in [6.45, 7) is -0.100. The van der Waals surface area contributed by atoms with Crippen molar-refractivity contribution in [1.82, 2.24) is 5.32 Å². The minimum atomic E-state index is -4.91. The van der Waals surface area contributed by atoms with Crippen LogP contribution in [0.2, 0.25) is 10.0 Å². The summed E-state index contributed by atoms with van der Waals surface area (Å²) in [6.07, 6.45) is -3.36. The molecule has 0 spiro atoms. The molecule has 1 aromatic carbocycles. The normalized spacial score (nSPS) is 11.0. The topological polar surface area (TPSA) is 47.6 Å². The van der Waals surface area contributed by atoms with E-state index in [1.807, 2.05) is 0 Å². The molecule has 0 saturated carbocycles. The molecule has 0 atom stereocenters. The third kappa shape index (κ3) is 8.27. The van der Waals surface area contributed by atoms with E-state index in [2.05, 4.69) is 0 Å². The molecular formula is C14H12Cl4F3NO3. The Morgan fingerprint density at radius 2 is 1.76 bits per heavy atom. The summed E-state index contributed by atoms with van der Waals surface area (Å²) < 4.78 is 46.7. The first-order valence-corrected chi connectivity index (χ1v) is 8.23. The number of carbonyl (C=O) groups is 1. The van der Waals surface area contributed by atoms with Crippen molar-refractivity contribution in [3.63, 3.8) is 0 Å². The molecule has 1 amide bonds. The number of hydrogen-bond donors (Lipinski definition) is 1. The van der Waals surface area contributed by atoms with Crippen LogP contribution in [0.4, 0.5) is 13.2 Å². The average Bonchev–Trinajstić information content (AvgIpc) is 2.47. The van der Waals surface area contributed by atoms with Gasteiger partial charge in [-0.1, -0.05) is 46.4 Å². The summed E-state index contributed by atoms with van der Waals surface area (Å²) in [5.74, 6) is -1.49. The molecule has 0 radical (unpaired) electrons. The first kappa shape index (κ1) is 22.0. The van der Waals surface area contributed by atoms with Gasteiger partial charge in [-0.15, -0.1) is 0 Å². The van der Waals surface area contributed by atoms with Gasteiger partial charge < -0.3 is 14.8 Å². The third-order valence-corrected chi connectivity index (χ3v) is 3.44. The first-order valence-electron chi connectivity index (χ1n) is 6.72. The second-order valence-corrected chi connectivity index (χ2v) is 6.30. The third-order valence-electron chi connectivity index (χ3n) is 2.57. The van der Waals surface area contributed by atoms with Gasteiger partial charge in [0.05, 0.1) is 16.7 Å². The zero-order valence-corrected chi connectivity index (χ0v) is 15.5. The lowest BCUT2D eigenvalue weighted by Crippen LogP contribution is -2.37. The Morgan fingerprint density at radius 3 is 2.28 bits per heavy atom. The summed E-state index contributed by atoms with van der Waals surface area (Å²) in [5, 5.41) is 2.03. The van der Waals surface area contributed by atoms with Crippen molar-refractivity contribution in [2.24, 2.45) is 0 Å². The van der Waals surface area contributed by atoms with Crippen LogP contribution in [0.5, 0.6) is 11.5 Å². The van der Waals surface area contributed by atoms with Crippen molar-refractivity contribution >= 4 is 52.3 Å². The molecule has 4 nitrogen and oxygen atoms in total. The summed E-state index contributed by atoms with van der Waals surface area (Å²) >= 11 is 22.9. The summed E-state index contributed by atoms with van der Waals surface area (Å²) in [6, 6.07) is 2.90. The molecule has 0 heterocycles. The summed E-state index contributed by atoms with van der Waals surface area (Å²) in [4.78, 5) is 10.6. The van der Waals surface area contributed by atoms with Crippen molar-refractivity contribution in [3.05, 3.63) is 32.7 Å². The van der Waals surface area contributed by atoms with Crippen LogP contribution in [0.25, 0.3) is 0 Å². The Morgan fingerprint density at radius 1 is 1.16 bits per heavy atom. The molecule has 0 saturated heterocycles.